The van der Waals surface area contributed by atoms with E-state index in [1.54, 1.807) is 0 Å². The standard InChI is InChI=1S/C17H21N3O/c1-3-13-4-6-14(7-5-13)17(21)20-9-8-15(11-20)16-18-10-12(2)19-16/h4-7,10,15H,3,8-9,11H2,1-2H3,(H,18,19). The lowest BCUT2D eigenvalue weighted by atomic mass is 10.1. The van der Waals surface area contributed by atoms with Gasteiger partial charge in [0.2, 0.25) is 0 Å². The molecule has 2 heterocycles. The summed E-state index contributed by atoms with van der Waals surface area (Å²) in [6.07, 6.45) is 3.83. The van der Waals surface area contributed by atoms with Gasteiger partial charge in [0.1, 0.15) is 5.82 Å². The van der Waals surface area contributed by atoms with Crippen LogP contribution >= 0.6 is 0 Å². The van der Waals surface area contributed by atoms with Crippen LogP contribution in [0.25, 0.3) is 0 Å². The van der Waals surface area contributed by atoms with E-state index in [-0.39, 0.29) is 5.91 Å². The molecule has 2 aromatic rings. The van der Waals surface area contributed by atoms with Crippen molar-refractivity contribution in [2.45, 2.75) is 32.6 Å². The summed E-state index contributed by atoms with van der Waals surface area (Å²) in [6, 6.07) is 7.95. The van der Waals surface area contributed by atoms with E-state index in [4.69, 9.17) is 0 Å². The first kappa shape index (κ1) is 13.9. The van der Waals surface area contributed by atoms with Crippen LogP contribution in [-0.4, -0.2) is 33.9 Å². The highest BCUT2D eigenvalue weighted by atomic mass is 16.2. The monoisotopic (exact) mass is 283 g/mol. The summed E-state index contributed by atoms with van der Waals surface area (Å²) < 4.78 is 0. The highest BCUT2D eigenvalue weighted by molar-refractivity contribution is 5.94. The molecule has 3 rings (SSSR count). The molecule has 21 heavy (non-hydrogen) atoms. The van der Waals surface area contributed by atoms with Gasteiger partial charge in [0, 0.05) is 36.5 Å². The van der Waals surface area contributed by atoms with Gasteiger partial charge in [0.05, 0.1) is 0 Å². The summed E-state index contributed by atoms with van der Waals surface area (Å²) in [5.41, 5.74) is 3.12. The van der Waals surface area contributed by atoms with Crippen molar-refractivity contribution in [1.29, 1.82) is 0 Å². The third kappa shape index (κ3) is 2.84. The van der Waals surface area contributed by atoms with Crippen LogP contribution in [0.5, 0.6) is 0 Å². The second kappa shape index (κ2) is 5.72. The minimum absolute atomic E-state index is 0.128. The van der Waals surface area contributed by atoms with Crippen molar-refractivity contribution in [2.24, 2.45) is 0 Å². The Morgan fingerprint density at radius 1 is 1.38 bits per heavy atom. The fraction of sp³-hybridized carbons (Fsp3) is 0.412. The maximum Gasteiger partial charge on any atom is 0.253 e. The number of hydrogen-bond acceptors (Lipinski definition) is 2. The Labute approximate surface area is 125 Å². The SMILES string of the molecule is CCc1ccc(C(=O)N2CCC(c3ncc(C)[nH]3)C2)cc1. The molecule has 0 spiro atoms. The molecule has 1 amide bonds. The zero-order valence-corrected chi connectivity index (χ0v) is 12.6. The maximum absolute atomic E-state index is 12.5. The van der Waals surface area contributed by atoms with Crippen LogP contribution in [0.3, 0.4) is 0 Å². The Balaban J connectivity index is 1.68. The quantitative estimate of drug-likeness (QED) is 0.941. The Bertz CT molecular complexity index is 630. The van der Waals surface area contributed by atoms with Gasteiger partial charge in [-0.15, -0.1) is 0 Å². The van der Waals surface area contributed by atoms with Crippen LogP contribution in [0.2, 0.25) is 0 Å². The van der Waals surface area contributed by atoms with Crippen molar-refractivity contribution in [2.75, 3.05) is 13.1 Å². The van der Waals surface area contributed by atoms with E-state index >= 15 is 0 Å². The van der Waals surface area contributed by atoms with Gasteiger partial charge >= 0.3 is 0 Å². The third-order valence-electron chi connectivity index (χ3n) is 4.19. The molecular weight excluding hydrogens is 262 g/mol. The number of imidazole rings is 1. The van der Waals surface area contributed by atoms with Gasteiger partial charge in [0.15, 0.2) is 0 Å². The minimum atomic E-state index is 0.128. The topological polar surface area (TPSA) is 49.0 Å². The van der Waals surface area contributed by atoms with Crippen LogP contribution in [-0.2, 0) is 6.42 Å². The van der Waals surface area contributed by atoms with E-state index in [1.807, 2.05) is 42.3 Å². The molecule has 1 aromatic carbocycles. The highest BCUT2D eigenvalue weighted by Crippen LogP contribution is 2.26. The van der Waals surface area contributed by atoms with E-state index in [9.17, 15) is 4.79 Å². The van der Waals surface area contributed by atoms with E-state index in [0.29, 0.717) is 5.92 Å². The number of nitrogens with one attached hydrogen (secondary N) is 1. The maximum atomic E-state index is 12.5. The predicted molar refractivity (Wildman–Crippen MR) is 82.4 cm³/mol. The molecule has 1 saturated heterocycles. The number of nitrogens with zero attached hydrogens (tertiary/aromatic N) is 2. The summed E-state index contributed by atoms with van der Waals surface area (Å²) in [6.45, 7) is 5.68. The normalized spacial score (nSPS) is 18.2. The second-order valence-corrected chi connectivity index (χ2v) is 5.74. The first-order valence-electron chi connectivity index (χ1n) is 7.57. The number of likely N-dealkylation sites (tertiary alicyclic amines) is 1. The molecule has 0 aliphatic carbocycles. The molecular formula is C17H21N3O. The number of hydrogen-bond donors (Lipinski definition) is 1. The fourth-order valence-corrected chi connectivity index (χ4v) is 2.87. The molecule has 0 saturated carbocycles. The smallest absolute Gasteiger partial charge is 0.253 e. The summed E-state index contributed by atoms with van der Waals surface area (Å²) in [5, 5.41) is 0. The number of rotatable bonds is 3. The van der Waals surface area contributed by atoms with Crippen molar-refractivity contribution < 1.29 is 4.79 Å². The summed E-state index contributed by atoms with van der Waals surface area (Å²) in [5.74, 6) is 1.46. The number of H-pyrrole nitrogens is 1. The van der Waals surface area contributed by atoms with Crippen molar-refractivity contribution in [3.05, 3.63) is 53.1 Å². The van der Waals surface area contributed by atoms with Gasteiger partial charge in [-0.05, 0) is 37.5 Å². The van der Waals surface area contributed by atoms with Gasteiger partial charge in [0.25, 0.3) is 5.91 Å². The number of aromatic nitrogens is 2. The fourth-order valence-electron chi connectivity index (χ4n) is 2.87. The van der Waals surface area contributed by atoms with Crippen LogP contribution in [0.15, 0.2) is 30.5 Å². The molecule has 0 bridgehead atoms. The van der Waals surface area contributed by atoms with E-state index in [2.05, 4.69) is 16.9 Å². The summed E-state index contributed by atoms with van der Waals surface area (Å²) >= 11 is 0. The molecule has 1 unspecified atom stereocenters. The number of carbonyl (C=O) groups is 1. The molecule has 1 aromatic heterocycles. The molecule has 1 fully saturated rings. The van der Waals surface area contributed by atoms with E-state index in [1.165, 1.54) is 5.56 Å². The van der Waals surface area contributed by atoms with Crippen molar-refractivity contribution in [3.63, 3.8) is 0 Å². The lowest BCUT2D eigenvalue weighted by Gasteiger charge is -2.16. The molecule has 0 radical (unpaired) electrons. The van der Waals surface area contributed by atoms with Gasteiger partial charge < -0.3 is 9.88 Å². The molecule has 4 heteroatoms. The molecule has 4 nitrogen and oxygen atoms in total. The van der Waals surface area contributed by atoms with E-state index in [0.717, 1.165) is 43.0 Å². The van der Waals surface area contributed by atoms with Crippen LogP contribution in [0, 0.1) is 6.92 Å². The van der Waals surface area contributed by atoms with Crippen LogP contribution in [0.1, 0.15) is 46.7 Å². The predicted octanol–water partition coefficient (Wildman–Crippen LogP) is 2.91. The number of aromatic amines is 1. The zero-order valence-electron chi connectivity index (χ0n) is 12.6. The number of aryl methyl sites for hydroxylation is 2. The van der Waals surface area contributed by atoms with E-state index < -0.39 is 0 Å². The van der Waals surface area contributed by atoms with Crippen molar-refractivity contribution >= 4 is 5.91 Å². The largest absolute Gasteiger partial charge is 0.346 e. The molecule has 110 valence electrons. The number of benzene rings is 1. The number of carbonyl (C=O) groups excluding carboxylic acids is 1. The second-order valence-electron chi connectivity index (χ2n) is 5.74. The van der Waals surface area contributed by atoms with Gasteiger partial charge in [-0.1, -0.05) is 19.1 Å². The summed E-state index contributed by atoms with van der Waals surface area (Å²) in [7, 11) is 0. The van der Waals surface area contributed by atoms with Gasteiger partial charge in [-0.2, -0.15) is 0 Å². The molecule has 1 N–H and O–H groups in total. The average Bonchev–Trinajstić information content (AvgIpc) is 3.15. The first-order chi connectivity index (χ1) is 10.2. The Morgan fingerprint density at radius 2 is 2.14 bits per heavy atom. The Morgan fingerprint density at radius 3 is 2.76 bits per heavy atom. The van der Waals surface area contributed by atoms with Crippen LogP contribution < -0.4 is 0 Å². The lowest BCUT2D eigenvalue weighted by molar-refractivity contribution is 0.0790. The highest BCUT2D eigenvalue weighted by Gasteiger charge is 2.29. The molecule has 1 aliphatic heterocycles. The Hall–Kier alpha value is -2.10. The molecule has 1 atom stereocenters. The van der Waals surface area contributed by atoms with Crippen molar-refractivity contribution in [3.8, 4) is 0 Å². The van der Waals surface area contributed by atoms with Gasteiger partial charge in [-0.3, -0.25) is 4.79 Å². The molecule has 1 aliphatic rings. The summed E-state index contributed by atoms with van der Waals surface area (Å²) in [4.78, 5) is 22.1. The van der Waals surface area contributed by atoms with Crippen molar-refractivity contribution in [1.82, 2.24) is 14.9 Å². The average molecular weight is 283 g/mol. The third-order valence-corrected chi connectivity index (χ3v) is 4.19. The zero-order chi connectivity index (χ0) is 14.8. The minimum Gasteiger partial charge on any atom is -0.346 e. The van der Waals surface area contributed by atoms with Gasteiger partial charge in [-0.25, -0.2) is 4.98 Å². The lowest BCUT2D eigenvalue weighted by Crippen LogP contribution is -2.28. The van der Waals surface area contributed by atoms with Crippen LogP contribution in [0.4, 0.5) is 0 Å². The Kier molecular flexibility index (Phi) is 3.78. The first-order valence-corrected chi connectivity index (χ1v) is 7.57. The number of amides is 1.